The maximum Gasteiger partial charge on any atom is 0.266 e. The van der Waals surface area contributed by atoms with Gasteiger partial charge in [0.15, 0.2) is 0 Å². The summed E-state index contributed by atoms with van der Waals surface area (Å²) >= 11 is 1.14. The largest absolute Gasteiger partial charge is 0.497 e. The molecule has 0 fully saturated rings. The van der Waals surface area contributed by atoms with Crippen LogP contribution in [-0.4, -0.2) is 28.5 Å². The maximum atomic E-state index is 13.1. The van der Waals surface area contributed by atoms with Crippen LogP contribution in [0.1, 0.15) is 40.6 Å². The van der Waals surface area contributed by atoms with Gasteiger partial charge in [-0.2, -0.15) is 0 Å². The Morgan fingerprint density at radius 1 is 1.09 bits per heavy atom. The molecule has 2 N–H and O–H groups in total. The Hall–Kier alpha value is -3.98. The number of hydrogen-bond donors (Lipinski definition) is 2. The molecule has 0 radical (unpaired) electrons. The Balaban J connectivity index is 1.53. The van der Waals surface area contributed by atoms with Gasteiger partial charge in [0.25, 0.3) is 11.5 Å². The molecular weight excluding hydrogens is 464 g/mol. The zero-order valence-electron chi connectivity index (χ0n) is 19.9. The van der Waals surface area contributed by atoms with E-state index in [2.05, 4.69) is 29.5 Å². The second-order valence-electron chi connectivity index (χ2n) is 8.42. The number of rotatable bonds is 7. The molecule has 0 bridgehead atoms. The van der Waals surface area contributed by atoms with Crippen molar-refractivity contribution in [3.8, 4) is 5.75 Å². The van der Waals surface area contributed by atoms with Crippen molar-refractivity contribution in [3.63, 3.8) is 0 Å². The van der Waals surface area contributed by atoms with Gasteiger partial charge in [0.1, 0.15) is 17.1 Å². The molecule has 9 heteroatoms. The smallest absolute Gasteiger partial charge is 0.266 e. The third kappa shape index (κ3) is 5.25. The van der Waals surface area contributed by atoms with Gasteiger partial charge in [-0.25, -0.2) is 4.98 Å². The number of carbonyl (C=O) groups is 2. The van der Waals surface area contributed by atoms with Crippen LogP contribution in [0.2, 0.25) is 0 Å². The molecule has 0 aliphatic carbocycles. The van der Waals surface area contributed by atoms with Crippen LogP contribution < -0.4 is 20.9 Å². The van der Waals surface area contributed by atoms with Gasteiger partial charge in [-0.3, -0.25) is 19.0 Å². The number of amides is 2. The van der Waals surface area contributed by atoms with Crippen molar-refractivity contribution in [2.24, 2.45) is 0 Å². The number of carbonyl (C=O) groups excluding carboxylic acids is 2. The van der Waals surface area contributed by atoms with Gasteiger partial charge >= 0.3 is 0 Å². The number of anilines is 2. The van der Waals surface area contributed by atoms with E-state index in [0.29, 0.717) is 43.7 Å². The number of methoxy groups -OCH3 is 1. The molecule has 0 saturated heterocycles. The molecule has 0 saturated carbocycles. The first-order chi connectivity index (χ1) is 16.8. The standard InChI is InChI=1S/C26H26N4O4S/c1-15(2)17-8-10-18(11-9-17)28-21(31)13-30-14-27-25-22(26(30)33)16(3)23(35-25)24(32)29-19-6-5-7-20(12-19)34-4/h5-12,14-15H,13H2,1-4H3,(H,28,31)(H,29,32). The first kappa shape index (κ1) is 24.2. The monoisotopic (exact) mass is 490 g/mol. The summed E-state index contributed by atoms with van der Waals surface area (Å²) in [4.78, 5) is 43.8. The van der Waals surface area contributed by atoms with Crippen LogP contribution in [0.15, 0.2) is 59.7 Å². The van der Waals surface area contributed by atoms with Crippen molar-refractivity contribution in [1.29, 1.82) is 0 Å². The van der Waals surface area contributed by atoms with E-state index < -0.39 is 0 Å². The zero-order chi connectivity index (χ0) is 25.1. The molecule has 2 heterocycles. The maximum absolute atomic E-state index is 13.1. The number of thiophene rings is 1. The van der Waals surface area contributed by atoms with E-state index in [-0.39, 0.29) is 23.9 Å². The SMILES string of the molecule is COc1cccc(NC(=O)c2sc3ncn(CC(=O)Nc4ccc(C(C)C)cc4)c(=O)c3c2C)c1. The molecule has 180 valence electrons. The van der Waals surface area contributed by atoms with Crippen molar-refractivity contribution in [3.05, 3.63) is 81.2 Å². The quantitative estimate of drug-likeness (QED) is 0.388. The molecule has 0 aliphatic heterocycles. The molecule has 4 rings (SSSR count). The molecule has 0 spiro atoms. The molecule has 2 amide bonds. The van der Waals surface area contributed by atoms with E-state index in [1.807, 2.05) is 24.3 Å². The lowest BCUT2D eigenvalue weighted by molar-refractivity contribution is -0.116. The summed E-state index contributed by atoms with van der Waals surface area (Å²) in [6.07, 6.45) is 1.34. The number of fused-ring (bicyclic) bond motifs is 1. The lowest BCUT2D eigenvalue weighted by atomic mass is 10.0. The van der Waals surface area contributed by atoms with Crippen molar-refractivity contribution in [1.82, 2.24) is 9.55 Å². The summed E-state index contributed by atoms with van der Waals surface area (Å²) < 4.78 is 6.44. The number of aromatic nitrogens is 2. The summed E-state index contributed by atoms with van der Waals surface area (Å²) in [5.74, 6) is 0.337. The molecule has 8 nitrogen and oxygen atoms in total. The fraction of sp³-hybridized carbons (Fsp3) is 0.231. The first-order valence-electron chi connectivity index (χ1n) is 11.1. The average molecular weight is 491 g/mol. The van der Waals surface area contributed by atoms with Crippen LogP contribution in [0.25, 0.3) is 10.2 Å². The van der Waals surface area contributed by atoms with Crippen LogP contribution in [0.4, 0.5) is 11.4 Å². The highest BCUT2D eigenvalue weighted by atomic mass is 32.1. The minimum absolute atomic E-state index is 0.186. The molecule has 2 aromatic carbocycles. The number of aryl methyl sites for hydroxylation is 1. The summed E-state index contributed by atoms with van der Waals surface area (Å²) in [5.41, 5.74) is 2.57. The highest BCUT2D eigenvalue weighted by Crippen LogP contribution is 2.28. The first-order valence-corrected chi connectivity index (χ1v) is 11.9. The third-order valence-electron chi connectivity index (χ3n) is 5.63. The Morgan fingerprint density at radius 3 is 2.51 bits per heavy atom. The Morgan fingerprint density at radius 2 is 1.83 bits per heavy atom. The summed E-state index contributed by atoms with van der Waals surface area (Å²) in [7, 11) is 1.55. The molecule has 0 atom stereocenters. The van der Waals surface area contributed by atoms with Crippen molar-refractivity contribution in [2.75, 3.05) is 17.7 Å². The second-order valence-corrected chi connectivity index (χ2v) is 9.42. The van der Waals surface area contributed by atoms with Gasteiger partial charge in [-0.1, -0.05) is 32.0 Å². The number of nitrogens with zero attached hydrogens (tertiary/aromatic N) is 2. The van der Waals surface area contributed by atoms with Crippen LogP contribution >= 0.6 is 11.3 Å². The zero-order valence-corrected chi connectivity index (χ0v) is 20.7. The van der Waals surface area contributed by atoms with E-state index in [0.717, 1.165) is 11.3 Å². The molecule has 0 unspecified atom stereocenters. The van der Waals surface area contributed by atoms with Gasteiger partial charge < -0.3 is 15.4 Å². The highest BCUT2D eigenvalue weighted by Gasteiger charge is 2.20. The fourth-order valence-electron chi connectivity index (χ4n) is 3.68. The van der Waals surface area contributed by atoms with Gasteiger partial charge in [-0.05, 0) is 48.2 Å². The van der Waals surface area contributed by atoms with E-state index in [1.54, 1.807) is 38.3 Å². The van der Waals surface area contributed by atoms with Crippen molar-refractivity contribution < 1.29 is 14.3 Å². The van der Waals surface area contributed by atoms with E-state index in [1.165, 1.54) is 16.5 Å². The van der Waals surface area contributed by atoms with Crippen LogP contribution in [0, 0.1) is 6.92 Å². The fourth-order valence-corrected chi connectivity index (χ4v) is 4.72. The van der Waals surface area contributed by atoms with Crippen LogP contribution in [-0.2, 0) is 11.3 Å². The highest BCUT2D eigenvalue weighted by molar-refractivity contribution is 7.20. The molecule has 4 aromatic rings. The normalized spacial score (nSPS) is 11.0. The molecule has 0 aliphatic rings. The van der Waals surface area contributed by atoms with Crippen molar-refractivity contribution in [2.45, 2.75) is 33.2 Å². The number of benzene rings is 2. The second kappa shape index (κ2) is 10.1. The lowest BCUT2D eigenvalue weighted by Gasteiger charge is -2.09. The Bertz CT molecular complexity index is 1450. The van der Waals surface area contributed by atoms with Gasteiger partial charge in [0.2, 0.25) is 5.91 Å². The van der Waals surface area contributed by atoms with Gasteiger partial charge in [0, 0.05) is 17.4 Å². The third-order valence-corrected chi connectivity index (χ3v) is 6.82. The van der Waals surface area contributed by atoms with Gasteiger partial charge in [0.05, 0.1) is 23.7 Å². The number of hydrogen-bond acceptors (Lipinski definition) is 6. The van der Waals surface area contributed by atoms with Crippen LogP contribution in [0.3, 0.4) is 0 Å². The van der Waals surface area contributed by atoms with E-state index in [4.69, 9.17) is 4.74 Å². The topological polar surface area (TPSA) is 102 Å². The Kier molecular flexibility index (Phi) is 6.97. The van der Waals surface area contributed by atoms with Crippen LogP contribution in [0.5, 0.6) is 5.75 Å². The molecule has 35 heavy (non-hydrogen) atoms. The van der Waals surface area contributed by atoms with E-state index in [9.17, 15) is 14.4 Å². The summed E-state index contributed by atoms with van der Waals surface area (Å²) in [6, 6.07) is 14.6. The van der Waals surface area contributed by atoms with Crippen molar-refractivity contribution >= 4 is 44.7 Å². The molecular formula is C26H26N4O4S. The molecule has 2 aromatic heterocycles. The number of ether oxygens (including phenoxy) is 1. The summed E-state index contributed by atoms with van der Waals surface area (Å²) in [5, 5.41) is 5.97. The predicted molar refractivity (Wildman–Crippen MR) is 139 cm³/mol. The van der Waals surface area contributed by atoms with E-state index >= 15 is 0 Å². The lowest BCUT2D eigenvalue weighted by Crippen LogP contribution is -2.28. The average Bonchev–Trinajstić information content (AvgIpc) is 3.18. The predicted octanol–water partition coefficient (Wildman–Crippen LogP) is 4.79. The minimum atomic E-state index is -0.366. The minimum Gasteiger partial charge on any atom is -0.497 e. The number of nitrogens with one attached hydrogen (secondary N) is 2. The Labute approximate surface area is 206 Å². The van der Waals surface area contributed by atoms with Gasteiger partial charge in [-0.15, -0.1) is 11.3 Å². The summed E-state index contributed by atoms with van der Waals surface area (Å²) in [6.45, 7) is 5.73.